The Bertz CT molecular complexity index is 575. The van der Waals surface area contributed by atoms with Gasteiger partial charge in [0.15, 0.2) is 0 Å². The Morgan fingerprint density at radius 1 is 1.24 bits per heavy atom. The number of piperidine rings is 1. The van der Waals surface area contributed by atoms with Gasteiger partial charge < -0.3 is 14.7 Å². The Hall–Kier alpha value is -1.47. The first-order valence-corrected chi connectivity index (χ1v) is 9.03. The van der Waals surface area contributed by atoms with Gasteiger partial charge in [-0.25, -0.2) is 0 Å². The molecule has 2 fully saturated rings. The molecule has 138 valence electrons. The molecule has 2 atom stereocenters. The van der Waals surface area contributed by atoms with E-state index in [0.29, 0.717) is 32.8 Å². The molecule has 2 aliphatic heterocycles. The Morgan fingerprint density at radius 3 is 2.52 bits per heavy atom. The number of aliphatic hydroxyl groups excluding tert-OH is 1. The number of likely N-dealkylation sites (tertiary alicyclic amines) is 1. The number of rotatable bonds is 4. The number of likely N-dealkylation sites (N-methyl/N-ethyl adjacent to an activating group) is 1. The molecule has 0 unspecified atom stereocenters. The third-order valence-electron chi connectivity index (χ3n) is 5.59. The highest BCUT2D eigenvalue weighted by atomic mass is 16.5. The molecule has 0 saturated carbocycles. The third kappa shape index (κ3) is 3.72. The van der Waals surface area contributed by atoms with Gasteiger partial charge in [-0.05, 0) is 26.1 Å². The van der Waals surface area contributed by atoms with Crippen molar-refractivity contribution in [3.8, 4) is 0 Å². The molecule has 0 spiro atoms. The molecule has 2 aliphatic rings. The SMILES string of the molecule is CN(C)[C@]1(c2ccccc2)CCN(C(=O)CN2CCOCC2)C[C@H]1O. The highest BCUT2D eigenvalue weighted by molar-refractivity contribution is 5.78. The van der Waals surface area contributed by atoms with Gasteiger partial charge in [0.05, 0.1) is 31.4 Å². The van der Waals surface area contributed by atoms with Gasteiger partial charge >= 0.3 is 0 Å². The highest BCUT2D eigenvalue weighted by Crippen LogP contribution is 2.37. The predicted molar refractivity (Wildman–Crippen MR) is 96.3 cm³/mol. The molecule has 1 aromatic carbocycles. The maximum Gasteiger partial charge on any atom is 0.236 e. The number of carbonyl (C=O) groups excluding carboxylic acids is 1. The van der Waals surface area contributed by atoms with Crippen molar-refractivity contribution >= 4 is 5.91 Å². The normalized spacial score (nSPS) is 28.3. The van der Waals surface area contributed by atoms with E-state index >= 15 is 0 Å². The van der Waals surface area contributed by atoms with Gasteiger partial charge in [0.25, 0.3) is 0 Å². The number of hydrogen-bond donors (Lipinski definition) is 1. The number of morpholine rings is 1. The lowest BCUT2D eigenvalue weighted by atomic mass is 9.77. The second-order valence-corrected chi connectivity index (χ2v) is 7.18. The van der Waals surface area contributed by atoms with Crippen molar-refractivity contribution in [2.75, 3.05) is 60.0 Å². The smallest absolute Gasteiger partial charge is 0.236 e. The molecule has 6 heteroatoms. The fourth-order valence-electron chi connectivity index (χ4n) is 4.04. The van der Waals surface area contributed by atoms with Crippen LogP contribution in [0.15, 0.2) is 30.3 Å². The topological polar surface area (TPSA) is 56.2 Å². The van der Waals surface area contributed by atoms with Crippen molar-refractivity contribution in [2.45, 2.75) is 18.1 Å². The van der Waals surface area contributed by atoms with Crippen LogP contribution in [-0.2, 0) is 15.1 Å². The van der Waals surface area contributed by atoms with E-state index in [1.807, 2.05) is 37.2 Å². The Labute approximate surface area is 150 Å². The van der Waals surface area contributed by atoms with Crippen molar-refractivity contribution in [1.29, 1.82) is 0 Å². The minimum atomic E-state index is -0.618. The molecule has 0 aliphatic carbocycles. The number of β-amino-alcohol motifs (C(OH)–C–C–N with tert-alkyl or cyclic N) is 1. The van der Waals surface area contributed by atoms with Crippen LogP contribution in [0.5, 0.6) is 0 Å². The zero-order chi connectivity index (χ0) is 17.9. The first kappa shape index (κ1) is 18.3. The molecule has 6 nitrogen and oxygen atoms in total. The van der Waals surface area contributed by atoms with Gasteiger partial charge in [0.2, 0.25) is 5.91 Å². The Morgan fingerprint density at radius 2 is 1.92 bits per heavy atom. The monoisotopic (exact) mass is 347 g/mol. The summed E-state index contributed by atoms with van der Waals surface area (Å²) in [6.07, 6.45) is 0.104. The van der Waals surface area contributed by atoms with E-state index in [2.05, 4.69) is 21.9 Å². The van der Waals surface area contributed by atoms with Crippen LogP contribution in [0.4, 0.5) is 0 Å². The summed E-state index contributed by atoms with van der Waals surface area (Å²) in [5.41, 5.74) is 0.657. The number of carbonyl (C=O) groups is 1. The summed E-state index contributed by atoms with van der Waals surface area (Å²) in [5, 5.41) is 11.0. The number of ether oxygens (including phenoxy) is 1. The number of amides is 1. The van der Waals surface area contributed by atoms with Crippen LogP contribution in [0, 0.1) is 0 Å². The summed E-state index contributed by atoms with van der Waals surface area (Å²) in [5.74, 6) is 0.0985. The number of aliphatic hydroxyl groups is 1. The summed E-state index contributed by atoms with van der Waals surface area (Å²) in [4.78, 5) is 18.7. The first-order chi connectivity index (χ1) is 12.0. The van der Waals surface area contributed by atoms with E-state index in [-0.39, 0.29) is 5.91 Å². The molecular weight excluding hydrogens is 318 g/mol. The first-order valence-electron chi connectivity index (χ1n) is 9.03. The second kappa shape index (κ2) is 7.83. The van der Waals surface area contributed by atoms with E-state index < -0.39 is 11.6 Å². The average Bonchev–Trinajstić information content (AvgIpc) is 2.63. The van der Waals surface area contributed by atoms with Gasteiger partial charge in [-0.1, -0.05) is 30.3 Å². The zero-order valence-corrected chi connectivity index (χ0v) is 15.2. The van der Waals surface area contributed by atoms with Crippen LogP contribution in [0.1, 0.15) is 12.0 Å². The molecule has 0 bridgehead atoms. The van der Waals surface area contributed by atoms with Gasteiger partial charge in [0.1, 0.15) is 0 Å². The van der Waals surface area contributed by atoms with Crippen molar-refractivity contribution < 1.29 is 14.6 Å². The van der Waals surface area contributed by atoms with Crippen LogP contribution < -0.4 is 0 Å². The standard InChI is InChI=1S/C19H29N3O3/c1-20(2)19(16-6-4-3-5-7-16)8-9-22(14-17(19)23)18(24)15-21-10-12-25-13-11-21/h3-7,17,23H,8-15H2,1-2H3/t17-,19+/m1/s1. The number of benzene rings is 1. The lowest BCUT2D eigenvalue weighted by Gasteiger charge is -2.50. The number of hydrogen-bond acceptors (Lipinski definition) is 5. The summed E-state index contributed by atoms with van der Waals surface area (Å²) >= 11 is 0. The zero-order valence-electron chi connectivity index (χ0n) is 15.2. The molecule has 3 rings (SSSR count). The quantitative estimate of drug-likeness (QED) is 0.853. The van der Waals surface area contributed by atoms with Crippen molar-refractivity contribution in [1.82, 2.24) is 14.7 Å². The summed E-state index contributed by atoms with van der Waals surface area (Å²) in [6, 6.07) is 10.1. The maximum atomic E-state index is 12.6. The largest absolute Gasteiger partial charge is 0.389 e. The third-order valence-corrected chi connectivity index (χ3v) is 5.59. The molecule has 2 saturated heterocycles. The molecule has 2 heterocycles. The van der Waals surface area contributed by atoms with E-state index in [9.17, 15) is 9.90 Å². The fraction of sp³-hybridized carbons (Fsp3) is 0.632. The molecule has 1 aromatic rings. The van der Waals surface area contributed by atoms with Crippen molar-refractivity contribution in [3.05, 3.63) is 35.9 Å². The summed E-state index contributed by atoms with van der Waals surface area (Å²) in [7, 11) is 4.00. The molecule has 0 aromatic heterocycles. The molecular formula is C19H29N3O3. The molecule has 1 amide bonds. The van der Waals surface area contributed by atoms with Gasteiger partial charge in [0, 0.05) is 26.2 Å². The van der Waals surface area contributed by atoms with Gasteiger partial charge in [-0.15, -0.1) is 0 Å². The van der Waals surface area contributed by atoms with Crippen LogP contribution in [0.2, 0.25) is 0 Å². The predicted octanol–water partition coefficient (Wildman–Crippen LogP) is 0.369. The summed E-state index contributed by atoms with van der Waals surface area (Å²) in [6.45, 7) is 4.42. The fourth-order valence-corrected chi connectivity index (χ4v) is 4.04. The summed E-state index contributed by atoms with van der Waals surface area (Å²) < 4.78 is 5.33. The van der Waals surface area contributed by atoms with Crippen molar-refractivity contribution in [2.24, 2.45) is 0 Å². The van der Waals surface area contributed by atoms with Crippen LogP contribution in [0.25, 0.3) is 0 Å². The van der Waals surface area contributed by atoms with E-state index in [1.165, 1.54) is 0 Å². The molecule has 25 heavy (non-hydrogen) atoms. The molecule has 1 N–H and O–H groups in total. The lowest BCUT2D eigenvalue weighted by molar-refractivity contribution is -0.142. The van der Waals surface area contributed by atoms with Crippen LogP contribution >= 0.6 is 0 Å². The van der Waals surface area contributed by atoms with E-state index in [1.54, 1.807) is 0 Å². The second-order valence-electron chi connectivity index (χ2n) is 7.18. The number of nitrogens with zero attached hydrogens (tertiary/aromatic N) is 3. The Kier molecular flexibility index (Phi) is 5.74. The van der Waals surface area contributed by atoms with Gasteiger partial charge in [-0.3, -0.25) is 14.6 Å². The average molecular weight is 347 g/mol. The van der Waals surface area contributed by atoms with E-state index in [0.717, 1.165) is 25.1 Å². The van der Waals surface area contributed by atoms with Crippen molar-refractivity contribution in [3.63, 3.8) is 0 Å². The molecule has 0 radical (unpaired) electrons. The van der Waals surface area contributed by atoms with Crippen LogP contribution in [-0.4, -0.2) is 91.9 Å². The van der Waals surface area contributed by atoms with E-state index in [4.69, 9.17) is 4.74 Å². The lowest BCUT2D eigenvalue weighted by Crippen LogP contribution is -2.61. The minimum absolute atomic E-state index is 0.0985. The maximum absolute atomic E-state index is 12.6. The highest BCUT2D eigenvalue weighted by Gasteiger charge is 2.46. The van der Waals surface area contributed by atoms with Gasteiger partial charge in [-0.2, -0.15) is 0 Å². The Balaban J connectivity index is 1.69. The van der Waals surface area contributed by atoms with Crippen LogP contribution in [0.3, 0.4) is 0 Å². The minimum Gasteiger partial charge on any atom is -0.389 e.